The van der Waals surface area contributed by atoms with E-state index < -0.39 is 0 Å². The quantitative estimate of drug-likeness (QED) is 0.136. The number of hydrogen-bond acceptors (Lipinski definition) is 4. The maximum Gasteiger partial charge on any atom is 0.343 e. The number of hydrogen-bond donors (Lipinski definition) is 0. The highest BCUT2D eigenvalue weighted by Crippen LogP contribution is 2.12. The van der Waals surface area contributed by atoms with Gasteiger partial charge in [-0.15, -0.1) is 0 Å². The molecule has 0 aromatic heterocycles. The van der Waals surface area contributed by atoms with Crippen LogP contribution in [0, 0.1) is 0 Å². The Bertz CT molecular complexity index is 1250. The fraction of sp³-hybridized carbons (Fsp3) is 0.412. The average Bonchev–Trinajstić information content (AvgIpc) is 3.32. The van der Waals surface area contributed by atoms with Crippen molar-refractivity contribution >= 4 is 22.7 Å². The van der Waals surface area contributed by atoms with Crippen molar-refractivity contribution in [3.63, 3.8) is 0 Å². The van der Waals surface area contributed by atoms with Crippen LogP contribution in [0.1, 0.15) is 156 Å². The van der Waals surface area contributed by atoms with Gasteiger partial charge in [-0.1, -0.05) is 242 Å². The zero-order chi connectivity index (χ0) is 44.7. The minimum Gasteiger partial charge on any atom is -0.427 e. The minimum atomic E-state index is -0.332. The standard InChI is InChI=1S/C13H10O2.C10H8.C8H8O2.10C2H6/c14-13(11-7-3-1-4-8-11)15-12-9-5-2-6-10-12;1-2-6-10-8-4-3-7-9(10)5-1;1-7(9)10-8-5-3-2-4-6-8;10*1-2/h1-10H;1-8H;2-6H,1H3;10*1-2H3. The van der Waals surface area contributed by atoms with E-state index in [1.54, 1.807) is 36.4 Å². The van der Waals surface area contributed by atoms with Crippen molar-refractivity contribution in [2.75, 3.05) is 0 Å². The van der Waals surface area contributed by atoms with Crippen molar-refractivity contribution in [1.82, 2.24) is 0 Å². The van der Waals surface area contributed by atoms with Crippen LogP contribution in [-0.4, -0.2) is 11.9 Å². The predicted octanol–water partition coefficient (Wildman–Crippen LogP) is 17.6. The molecule has 0 bridgehead atoms. The van der Waals surface area contributed by atoms with Gasteiger partial charge in [0.25, 0.3) is 0 Å². The van der Waals surface area contributed by atoms with Crippen molar-refractivity contribution in [2.45, 2.75) is 145 Å². The maximum atomic E-state index is 11.6. The molecule has 0 unspecified atom stereocenters. The Kier molecular flexibility index (Phi) is 83.8. The third-order valence-electron chi connectivity index (χ3n) is 4.63. The zero-order valence-electron chi connectivity index (χ0n) is 39.4. The van der Waals surface area contributed by atoms with E-state index in [-0.39, 0.29) is 11.9 Å². The molecule has 0 amide bonds. The van der Waals surface area contributed by atoms with Crippen LogP contribution in [0.3, 0.4) is 0 Å². The summed E-state index contributed by atoms with van der Waals surface area (Å²) in [4.78, 5) is 22.0. The Morgan fingerprint density at radius 3 is 0.782 bits per heavy atom. The van der Waals surface area contributed by atoms with Gasteiger partial charge in [0, 0.05) is 6.92 Å². The molecule has 0 aliphatic rings. The molecule has 55 heavy (non-hydrogen) atoms. The SMILES string of the molecule is CC.CC.CC.CC.CC.CC.CC.CC.CC.CC.CC(=O)Oc1ccccc1.O=C(Oc1ccccc1)c1ccccc1.c1ccc2ccccc2c1. The Labute approximate surface area is 342 Å². The summed E-state index contributed by atoms with van der Waals surface area (Å²) in [6.07, 6.45) is 0. The second-order valence-electron chi connectivity index (χ2n) is 7.32. The van der Waals surface area contributed by atoms with Crippen molar-refractivity contribution in [3.8, 4) is 11.5 Å². The summed E-state index contributed by atoms with van der Waals surface area (Å²) >= 11 is 0. The number of esters is 2. The molecule has 0 saturated heterocycles. The van der Waals surface area contributed by atoms with Crippen LogP contribution < -0.4 is 9.47 Å². The molecule has 5 aromatic carbocycles. The Hall–Kier alpha value is -4.70. The molecule has 0 heterocycles. The van der Waals surface area contributed by atoms with Crippen LogP contribution in [0.15, 0.2) is 140 Å². The van der Waals surface area contributed by atoms with Gasteiger partial charge >= 0.3 is 11.9 Å². The normalized spacial score (nSPS) is 7.15. The molecule has 5 rings (SSSR count). The van der Waals surface area contributed by atoms with E-state index in [0.717, 1.165) is 0 Å². The lowest BCUT2D eigenvalue weighted by Gasteiger charge is -2.02. The fourth-order valence-electron chi connectivity index (χ4n) is 3.02. The number of ether oxygens (including phenoxy) is 2. The summed E-state index contributed by atoms with van der Waals surface area (Å²) in [7, 11) is 0. The van der Waals surface area contributed by atoms with E-state index in [1.165, 1.54) is 17.7 Å². The highest BCUT2D eigenvalue weighted by molar-refractivity contribution is 5.90. The highest BCUT2D eigenvalue weighted by atomic mass is 16.5. The first kappa shape index (κ1) is 68.3. The van der Waals surface area contributed by atoms with Gasteiger partial charge in [0.2, 0.25) is 0 Å². The lowest BCUT2D eigenvalue weighted by molar-refractivity contribution is -0.131. The molecule has 0 aliphatic heterocycles. The molecule has 0 fully saturated rings. The molecule has 0 radical (unpaired) electrons. The average molecular weight is 763 g/mol. The zero-order valence-corrected chi connectivity index (χ0v) is 39.4. The van der Waals surface area contributed by atoms with Crippen LogP contribution in [0.4, 0.5) is 0 Å². The summed E-state index contributed by atoms with van der Waals surface area (Å²) in [6, 6.07) is 43.7. The van der Waals surface area contributed by atoms with Gasteiger partial charge < -0.3 is 9.47 Å². The van der Waals surface area contributed by atoms with E-state index in [2.05, 4.69) is 48.5 Å². The van der Waals surface area contributed by atoms with Gasteiger partial charge in [0.1, 0.15) is 11.5 Å². The van der Waals surface area contributed by atoms with Crippen molar-refractivity contribution in [2.24, 2.45) is 0 Å². The van der Waals surface area contributed by atoms with E-state index >= 15 is 0 Å². The van der Waals surface area contributed by atoms with Crippen LogP contribution in [0.2, 0.25) is 0 Å². The number of para-hydroxylation sites is 2. The highest BCUT2D eigenvalue weighted by Gasteiger charge is 2.06. The number of carbonyl (C=O) groups is 2. The molecule has 0 spiro atoms. The summed E-state index contributed by atoms with van der Waals surface area (Å²) in [5, 5.41) is 2.62. The third-order valence-corrected chi connectivity index (χ3v) is 4.63. The van der Waals surface area contributed by atoms with Crippen molar-refractivity contribution in [3.05, 3.63) is 145 Å². The molecule has 314 valence electrons. The van der Waals surface area contributed by atoms with Crippen molar-refractivity contribution in [1.29, 1.82) is 0 Å². The number of carbonyl (C=O) groups excluding carboxylic acids is 2. The summed E-state index contributed by atoms with van der Waals surface area (Å²) in [6.45, 7) is 41.4. The molecular formula is C51H86O4. The molecule has 0 atom stereocenters. The first-order chi connectivity index (χ1) is 27.1. The minimum absolute atomic E-state index is 0.286. The van der Waals surface area contributed by atoms with Gasteiger partial charge in [-0.25, -0.2) is 4.79 Å². The van der Waals surface area contributed by atoms with Gasteiger partial charge in [-0.05, 0) is 47.2 Å². The molecule has 5 aromatic rings. The molecular weight excluding hydrogens is 677 g/mol. The molecule has 4 heteroatoms. The molecule has 0 saturated carbocycles. The maximum absolute atomic E-state index is 11.6. The third kappa shape index (κ3) is 45.4. The molecule has 4 nitrogen and oxygen atoms in total. The number of rotatable bonds is 3. The van der Waals surface area contributed by atoms with Crippen LogP contribution in [0.5, 0.6) is 11.5 Å². The predicted molar refractivity (Wildman–Crippen MR) is 253 cm³/mol. The first-order valence-corrected chi connectivity index (χ1v) is 21.1. The summed E-state index contributed by atoms with van der Waals surface area (Å²) in [5.41, 5.74) is 0.557. The lowest BCUT2D eigenvalue weighted by atomic mass is 10.1. The number of benzene rings is 5. The van der Waals surface area contributed by atoms with Gasteiger partial charge in [-0.2, -0.15) is 0 Å². The van der Waals surface area contributed by atoms with E-state index in [0.29, 0.717) is 17.1 Å². The monoisotopic (exact) mass is 763 g/mol. The number of fused-ring (bicyclic) bond motifs is 1. The van der Waals surface area contributed by atoms with E-state index in [1.807, 2.05) is 193 Å². The van der Waals surface area contributed by atoms with Gasteiger partial charge in [0.15, 0.2) is 0 Å². The second kappa shape index (κ2) is 67.4. The van der Waals surface area contributed by atoms with Crippen molar-refractivity contribution < 1.29 is 19.1 Å². The smallest absolute Gasteiger partial charge is 0.343 e. The summed E-state index contributed by atoms with van der Waals surface area (Å²) < 4.78 is 9.94. The fourth-order valence-corrected chi connectivity index (χ4v) is 3.02. The largest absolute Gasteiger partial charge is 0.427 e. The topological polar surface area (TPSA) is 52.6 Å². The van der Waals surface area contributed by atoms with E-state index in [9.17, 15) is 9.59 Å². The Balaban J connectivity index is -0.0000000827. The van der Waals surface area contributed by atoms with Gasteiger partial charge in [-0.3, -0.25) is 4.79 Å². The lowest BCUT2D eigenvalue weighted by Crippen LogP contribution is -2.07. The van der Waals surface area contributed by atoms with Gasteiger partial charge in [0.05, 0.1) is 5.56 Å². The first-order valence-electron chi connectivity index (χ1n) is 21.1. The Morgan fingerprint density at radius 2 is 0.527 bits per heavy atom. The Morgan fingerprint density at radius 1 is 0.309 bits per heavy atom. The molecule has 0 N–H and O–H groups in total. The van der Waals surface area contributed by atoms with Crippen LogP contribution in [-0.2, 0) is 4.79 Å². The van der Waals surface area contributed by atoms with Crippen LogP contribution >= 0.6 is 0 Å². The summed E-state index contributed by atoms with van der Waals surface area (Å²) in [5.74, 6) is 0.536. The van der Waals surface area contributed by atoms with E-state index in [4.69, 9.17) is 9.47 Å². The van der Waals surface area contributed by atoms with Crippen LogP contribution in [0.25, 0.3) is 10.8 Å². The molecule has 0 aliphatic carbocycles. The second-order valence-corrected chi connectivity index (χ2v) is 7.32.